The number of nitrogens with one attached hydrogen (secondary N) is 1. The molecule has 0 radical (unpaired) electrons. The molecule has 0 aliphatic carbocycles. The maximum Gasteiger partial charge on any atom is 0.123 e. The molecule has 3 nitrogen and oxygen atoms in total. The Morgan fingerprint density at radius 1 is 1.26 bits per heavy atom. The highest BCUT2D eigenvalue weighted by molar-refractivity contribution is 5.19. The van der Waals surface area contributed by atoms with Crippen molar-refractivity contribution in [3.05, 3.63) is 35.6 Å². The molecule has 1 atom stereocenters. The molecule has 0 fully saturated rings. The SMILES string of the molecule is COCCCOC(CNC(C)C)c1cccc(F)c1. The fourth-order valence-corrected chi connectivity index (χ4v) is 1.75. The van der Waals surface area contributed by atoms with Gasteiger partial charge in [0.2, 0.25) is 0 Å². The number of hydrogen-bond acceptors (Lipinski definition) is 3. The van der Waals surface area contributed by atoms with Gasteiger partial charge in [0.05, 0.1) is 6.10 Å². The molecule has 1 aromatic rings. The third-order valence-electron chi connectivity index (χ3n) is 2.74. The van der Waals surface area contributed by atoms with E-state index in [4.69, 9.17) is 9.47 Å². The molecule has 1 unspecified atom stereocenters. The number of rotatable bonds is 9. The van der Waals surface area contributed by atoms with Crippen LogP contribution in [0.15, 0.2) is 24.3 Å². The summed E-state index contributed by atoms with van der Waals surface area (Å²) in [5.74, 6) is -0.229. The van der Waals surface area contributed by atoms with Crippen molar-refractivity contribution in [3.63, 3.8) is 0 Å². The third-order valence-corrected chi connectivity index (χ3v) is 2.74. The summed E-state index contributed by atoms with van der Waals surface area (Å²) in [4.78, 5) is 0. The zero-order chi connectivity index (χ0) is 14.1. The van der Waals surface area contributed by atoms with Gasteiger partial charge in [-0.1, -0.05) is 26.0 Å². The zero-order valence-corrected chi connectivity index (χ0v) is 12.0. The molecule has 1 rings (SSSR count). The fourth-order valence-electron chi connectivity index (χ4n) is 1.75. The summed E-state index contributed by atoms with van der Waals surface area (Å²) in [7, 11) is 1.67. The molecule has 108 valence electrons. The van der Waals surface area contributed by atoms with Crippen molar-refractivity contribution < 1.29 is 13.9 Å². The van der Waals surface area contributed by atoms with E-state index in [0.717, 1.165) is 12.0 Å². The first-order valence-electron chi connectivity index (χ1n) is 6.73. The average molecular weight is 269 g/mol. The Labute approximate surface area is 115 Å². The van der Waals surface area contributed by atoms with Crippen molar-refractivity contribution in [2.24, 2.45) is 0 Å². The molecule has 0 amide bonds. The lowest BCUT2D eigenvalue weighted by Crippen LogP contribution is -2.29. The molecule has 19 heavy (non-hydrogen) atoms. The minimum Gasteiger partial charge on any atom is -0.385 e. The van der Waals surface area contributed by atoms with Crippen LogP contribution in [0.2, 0.25) is 0 Å². The average Bonchev–Trinajstić information content (AvgIpc) is 2.37. The number of benzene rings is 1. The summed E-state index contributed by atoms with van der Waals surface area (Å²) in [5, 5.41) is 3.33. The zero-order valence-electron chi connectivity index (χ0n) is 12.0. The molecule has 0 heterocycles. The highest BCUT2D eigenvalue weighted by Crippen LogP contribution is 2.18. The van der Waals surface area contributed by atoms with Crippen LogP contribution in [0.4, 0.5) is 4.39 Å². The van der Waals surface area contributed by atoms with Crippen LogP contribution in [0.5, 0.6) is 0 Å². The lowest BCUT2D eigenvalue weighted by atomic mass is 10.1. The maximum atomic E-state index is 13.3. The van der Waals surface area contributed by atoms with E-state index in [1.807, 2.05) is 6.07 Å². The molecule has 0 bridgehead atoms. The van der Waals surface area contributed by atoms with Gasteiger partial charge in [-0.2, -0.15) is 0 Å². The summed E-state index contributed by atoms with van der Waals surface area (Å²) >= 11 is 0. The van der Waals surface area contributed by atoms with Gasteiger partial charge in [-0.05, 0) is 24.1 Å². The Morgan fingerprint density at radius 3 is 2.68 bits per heavy atom. The predicted molar refractivity (Wildman–Crippen MR) is 74.7 cm³/mol. The second kappa shape index (κ2) is 9.02. The van der Waals surface area contributed by atoms with E-state index in [9.17, 15) is 4.39 Å². The first-order valence-corrected chi connectivity index (χ1v) is 6.73. The highest BCUT2D eigenvalue weighted by Gasteiger charge is 2.13. The van der Waals surface area contributed by atoms with Crippen LogP contribution in [0.3, 0.4) is 0 Å². The van der Waals surface area contributed by atoms with E-state index < -0.39 is 0 Å². The van der Waals surface area contributed by atoms with Crippen LogP contribution < -0.4 is 5.32 Å². The van der Waals surface area contributed by atoms with Gasteiger partial charge in [0.1, 0.15) is 5.82 Å². The molecule has 1 aromatic carbocycles. The number of hydrogen-bond donors (Lipinski definition) is 1. The standard InChI is InChI=1S/C15H24FNO2/c1-12(2)17-11-15(19-9-5-8-18-3)13-6-4-7-14(16)10-13/h4,6-7,10,12,15,17H,5,8-9,11H2,1-3H3. The van der Waals surface area contributed by atoms with Crippen LogP contribution in [-0.2, 0) is 9.47 Å². The van der Waals surface area contributed by atoms with E-state index in [1.54, 1.807) is 13.2 Å². The monoisotopic (exact) mass is 269 g/mol. The largest absolute Gasteiger partial charge is 0.385 e. The fraction of sp³-hybridized carbons (Fsp3) is 0.600. The van der Waals surface area contributed by atoms with Crippen LogP contribution >= 0.6 is 0 Å². The molecule has 0 aliphatic heterocycles. The Kier molecular flexibility index (Phi) is 7.63. The van der Waals surface area contributed by atoms with E-state index in [2.05, 4.69) is 19.2 Å². The highest BCUT2D eigenvalue weighted by atomic mass is 19.1. The lowest BCUT2D eigenvalue weighted by molar-refractivity contribution is 0.0376. The minimum absolute atomic E-state index is 0.130. The second-order valence-electron chi connectivity index (χ2n) is 4.82. The Balaban J connectivity index is 2.57. The molecule has 0 saturated heterocycles. The van der Waals surface area contributed by atoms with E-state index in [1.165, 1.54) is 12.1 Å². The van der Waals surface area contributed by atoms with Gasteiger partial charge in [-0.15, -0.1) is 0 Å². The Bertz CT molecular complexity index is 358. The van der Waals surface area contributed by atoms with Crippen molar-refractivity contribution in [3.8, 4) is 0 Å². The van der Waals surface area contributed by atoms with Gasteiger partial charge in [0.15, 0.2) is 0 Å². The molecule has 4 heteroatoms. The lowest BCUT2D eigenvalue weighted by Gasteiger charge is -2.20. The van der Waals surface area contributed by atoms with Crippen molar-refractivity contribution in [2.75, 3.05) is 26.9 Å². The van der Waals surface area contributed by atoms with Crippen molar-refractivity contribution in [1.29, 1.82) is 0 Å². The van der Waals surface area contributed by atoms with Crippen LogP contribution in [0.25, 0.3) is 0 Å². The molecule has 0 aliphatic rings. The van der Waals surface area contributed by atoms with E-state index >= 15 is 0 Å². The maximum absolute atomic E-state index is 13.3. The Hall–Kier alpha value is -0.970. The first kappa shape index (κ1) is 16.1. The van der Waals surface area contributed by atoms with Crippen molar-refractivity contribution in [2.45, 2.75) is 32.4 Å². The number of methoxy groups -OCH3 is 1. The molecular formula is C15H24FNO2. The predicted octanol–water partition coefficient (Wildman–Crippen LogP) is 2.92. The molecule has 0 aromatic heterocycles. The van der Waals surface area contributed by atoms with Crippen molar-refractivity contribution in [1.82, 2.24) is 5.32 Å². The summed E-state index contributed by atoms with van der Waals surface area (Å²) in [5.41, 5.74) is 0.866. The quantitative estimate of drug-likeness (QED) is 0.699. The van der Waals surface area contributed by atoms with Gasteiger partial charge in [-0.25, -0.2) is 4.39 Å². The summed E-state index contributed by atoms with van der Waals surface area (Å²) in [6.45, 7) is 6.11. The van der Waals surface area contributed by atoms with Crippen LogP contribution in [0, 0.1) is 5.82 Å². The summed E-state index contributed by atoms with van der Waals surface area (Å²) in [6, 6.07) is 6.96. The Morgan fingerprint density at radius 2 is 2.05 bits per heavy atom. The number of halogens is 1. The van der Waals surface area contributed by atoms with Gasteiger partial charge >= 0.3 is 0 Å². The van der Waals surface area contributed by atoms with Gasteiger partial charge in [-0.3, -0.25) is 0 Å². The van der Waals surface area contributed by atoms with Gasteiger partial charge in [0.25, 0.3) is 0 Å². The second-order valence-corrected chi connectivity index (χ2v) is 4.82. The first-order chi connectivity index (χ1) is 9.13. The summed E-state index contributed by atoms with van der Waals surface area (Å²) < 4.78 is 24.1. The number of ether oxygens (including phenoxy) is 2. The molecule has 0 spiro atoms. The smallest absolute Gasteiger partial charge is 0.123 e. The minimum atomic E-state index is -0.229. The molecular weight excluding hydrogens is 245 g/mol. The third kappa shape index (κ3) is 6.66. The van der Waals surface area contributed by atoms with Crippen LogP contribution in [0.1, 0.15) is 31.9 Å². The van der Waals surface area contributed by atoms with Gasteiger partial charge < -0.3 is 14.8 Å². The van der Waals surface area contributed by atoms with E-state index in [-0.39, 0.29) is 11.9 Å². The molecule has 0 saturated carbocycles. The topological polar surface area (TPSA) is 30.5 Å². The van der Waals surface area contributed by atoms with E-state index in [0.29, 0.717) is 25.8 Å². The molecule has 1 N–H and O–H groups in total. The summed E-state index contributed by atoms with van der Waals surface area (Å²) in [6.07, 6.45) is 0.708. The van der Waals surface area contributed by atoms with Crippen molar-refractivity contribution >= 4 is 0 Å². The van der Waals surface area contributed by atoms with Crippen LogP contribution in [-0.4, -0.2) is 32.9 Å². The van der Waals surface area contributed by atoms with Gasteiger partial charge in [0, 0.05) is 32.9 Å². The normalized spacial score (nSPS) is 12.9.